The van der Waals surface area contributed by atoms with E-state index >= 15 is 0 Å². The summed E-state index contributed by atoms with van der Waals surface area (Å²) in [7, 11) is 0. The van der Waals surface area contributed by atoms with Crippen LogP contribution in [0.2, 0.25) is 0 Å². The maximum absolute atomic E-state index is 13.2. The molecule has 0 aliphatic carbocycles. The number of hydrogen-bond donors (Lipinski definition) is 2. The first-order valence-electron chi connectivity index (χ1n) is 9.22. The molecular formula is C19H30N2O6. The number of ether oxygens (including phenoxy) is 2. The molecule has 0 aromatic carbocycles. The van der Waals surface area contributed by atoms with Crippen molar-refractivity contribution < 1.29 is 29.0 Å². The van der Waals surface area contributed by atoms with Gasteiger partial charge in [0.25, 0.3) is 5.91 Å². The number of carbonyl (C=O) groups is 3. The van der Waals surface area contributed by atoms with E-state index in [4.69, 9.17) is 9.47 Å². The standard InChI is InChI=1S/C19H30N2O6/c1-10(2)14(22)19(20-17(25)27-18(5,6)7)13(12-8-9-26-15(12)23)21(11(3)4)16(19)24/h8,10-11,13-14,22H,9H2,1-7H3,(H,20,25)/t13-,14-,19-/m0/s1. The smallest absolute Gasteiger partial charge is 0.408 e. The van der Waals surface area contributed by atoms with Gasteiger partial charge in [-0.1, -0.05) is 13.8 Å². The van der Waals surface area contributed by atoms with Crippen molar-refractivity contribution in [2.24, 2.45) is 5.92 Å². The molecule has 2 amide bonds. The third-order valence-electron chi connectivity index (χ3n) is 4.71. The monoisotopic (exact) mass is 382 g/mol. The van der Waals surface area contributed by atoms with Gasteiger partial charge in [0.15, 0.2) is 5.54 Å². The summed E-state index contributed by atoms with van der Waals surface area (Å²) in [6.45, 7) is 12.3. The highest BCUT2D eigenvalue weighted by Crippen LogP contribution is 2.43. The van der Waals surface area contributed by atoms with Gasteiger partial charge in [0.1, 0.15) is 12.2 Å². The number of hydrogen-bond acceptors (Lipinski definition) is 6. The second-order valence-corrected chi connectivity index (χ2v) is 8.65. The van der Waals surface area contributed by atoms with Gasteiger partial charge < -0.3 is 24.8 Å². The molecule has 0 saturated carbocycles. The fraction of sp³-hybridized carbons (Fsp3) is 0.737. The van der Waals surface area contributed by atoms with Gasteiger partial charge in [-0.3, -0.25) is 4.79 Å². The molecule has 2 rings (SSSR count). The highest BCUT2D eigenvalue weighted by molar-refractivity contribution is 6.04. The van der Waals surface area contributed by atoms with E-state index in [9.17, 15) is 19.5 Å². The summed E-state index contributed by atoms with van der Waals surface area (Å²) in [4.78, 5) is 39.4. The lowest BCUT2D eigenvalue weighted by Crippen LogP contribution is -2.86. The minimum absolute atomic E-state index is 0.102. The Hall–Kier alpha value is -2.09. The maximum Gasteiger partial charge on any atom is 0.408 e. The number of nitrogens with zero attached hydrogens (tertiary/aromatic N) is 1. The van der Waals surface area contributed by atoms with Crippen molar-refractivity contribution in [1.29, 1.82) is 0 Å². The van der Waals surface area contributed by atoms with E-state index in [0.29, 0.717) is 0 Å². The SMILES string of the molecule is CC(C)[C@H](O)[C@]1(NC(=O)OC(C)(C)C)C(=O)N(C(C)C)[C@H]1C1=CCOC1=O. The molecule has 1 fully saturated rings. The van der Waals surface area contributed by atoms with Crippen LogP contribution < -0.4 is 5.32 Å². The summed E-state index contributed by atoms with van der Waals surface area (Å²) >= 11 is 0. The molecule has 2 heterocycles. The van der Waals surface area contributed by atoms with Crippen LogP contribution in [0.4, 0.5) is 4.79 Å². The van der Waals surface area contributed by atoms with E-state index in [-0.39, 0.29) is 24.1 Å². The molecule has 0 unspecified atom stereocenters. The lowest BCUT2D eigenvalue weighted by atomic mass is 9.67. The Morgan fingerprint density at radius 3 is 2.33 bits per heavy atom. The fourth-order valence-corrected chi connectivity index (χ4v) is 3.61. The zero-order chi connectivity index (χ0) is 20.7. The second-order valence-electron chi connectivity index (χ2n) is 8.65. The van der Waals surface area contributed by atoms with Crippen LogP contribution in [-0.4, -0.2) is 63.9 Å². The van der Waals surface area contributed by atoms with Crippen LogP contribution in [0, 0.1) is 5.92 Å². The van der Waals surface area contributed by atoms with Gasteiger partial charge in [-0.2, -0.15) is 0 Å². The van der Waals surface area contributed by atoms with Crippen molar-refractivity contribution in [2.75, 3.05) is 6.61 Å². The predicted octanol–water partition coefficient (Wildman–Crippen LogP) is 1.37. The van der Waals surface area contributed by atoms with Crippen molar-refractivity contribution in [2.45, 2.75) is 77.8 Å². The highest BCUT2D eigenvalue weighted by atomic mass is 16.6. The zero-order valence-electron chi connectivity index (χ0n) is 17.0. The molecule has 8 nitrogen and oxygen atoms in total. The summed E-state index contributed by atoms with van der Waals surface area (Å²) in [6, 6.07) is -1.06. The Morgan fingerprint density at radius 2 is 1.93 bits per heavy atom. The van der Waals surface area contributed by atoms with E-state index in [1.165, 1.54) is 4.90 Å². The average molecular weight is 382 g/mol. The van der Waals surface area contributed by atoms with Gasteiger partial charge in [-0.15, -0.1) is 0 Å². The number of nitrogens with one attached hydrogen (secondary N) is 1. The lowest BCUT2D eigenvalue weighted by molar-refractivity contribution is -0.178. The number of aliphatic hydroxyl groups is 1. The number of cyclic esters (lactones) is 1. The largest absolute Gasteiger partial charge is 0.458 e. The van der Waals surface area contributed by atoms with Crippen molar-refractivity contribution in [3.8, 4) is 0 Å². The second kappa shape index (κ2) is 7.14. The number of rotatable bonds is 5. The van der Waals surface area contributed by atoms with Crippen molar-refractivity contribution in [3.63, 3.8) is 0 Å². The number of amides is 2. The summed E-state index contributed by atoms with van der Waals surface area (Å²) < 4.78 is 10.3. The summed E-state index contributed by atoms with van der Waals surface area (Å²) in [6.07, 6.45) is -0.448. The molecule has 0 aromatic heterocycles. The van der Waals surface area contributed by atoms with Gasteiger partial charge in [0, 0.05) is 6.04 Å². The Bertz CT molecular complexity index is 664. The summed E-state index contributed by atoms with van der Waals surface area (Å²) in [5.41, 5.74) is -2.20. The van der Waals surface area contributed by atoms with Gasteiger partial charge in [-0.05, 0) is 46.6 Å². The lowest BCUT2D eigenvalue weighted by Gasteiger charge is -2.59. The van der Waals surface area contributed by atoms with E-state index < -0.39 is 41.3 Å². The molecule has 152 valence electrons. The molecular weight excluding hydrogens is 352 g/mol. The Morgan fingerprint density at radius 1 is 1.33 bits per heavy atom. The van der Waals surface area contributed by atoms with Crippen LogP contribution in [0.3, 0.4) is 0 Å². The first kappa shape index (κ1) is 21.2. The van der Waals surface area contributed by atoms with Crippen LogP contribution in [0.15, 0.2) is 11.6 Å². The molecule has 2 aliphatic rings. The number of likely N-dealkylation sites (tertiary alicyclic amines) is 1. The Labute approximate surface area is 159 Å². The topological polar surface area (TPSA) is 105 Å². The third kappa shape index (κ3) is 3.67. The fourth-order valence-electron chi connectivity index (χ4n) is 3.61. The van der Waals surface area contributed by atoms with E-state index in [2.05, 4.69) is 5.32 Å². The van der Waals surface area contributed by atoms with E-state index in [0.717, 1.165) is 0 Å². The zero-order valence-corrected chi connectivity index (χ0v) is 17.0. The van der Waals surface area contributed by atoms with Gasteiger partial charge in [0.05, 0.1) is 17.7 Å². The van der Waals surface area contributed by atoms with E-state index in [1.54, 1.807) is 40.7 Å². The quantitative estimate of drug-likeness (QED) is 0.550. The summed E-state index contributed by atoms with van der Waals surface area (Å²) in [5, 5.41) is 13.5. The van der Waals surface area contributed by atoms with Gasteiger partial charge in [0.2, 0.25) is 0 Å². The maximum atomic E-state index is 13.2. The molecule has 8 heteroatoms. The molecule has 0 aromatic rings. The number of alkyl carbamates (subject to hydrolysis) is 1. The molecule has 2 N–H and O–H groups in total. The van der Waals surface area contributed by atoms with Crippen LogP contribution in [0.5, 0.6) is 0 Å². The Balaban J connectivity index is 2.50. The number of esters is 1. The molecule has 2 aliphatic heterocycles. The predicted molar refractivity (Wildman–Crippen MR) is 97.8 cm³/mol. The Kier molecular flexibility index (Phi) is 5.61. The normalized spacial score (nSPS) is 26.7. The average Bonchev–Trinajstić information content (AvgIpc) is 2.91. The number of aliphatic hydroxyl groups excluding tert-OH is 1. The van der Waals surface area contributed by atoms with Crippen molar-refractivity contribution in [1.82, 2.24) is 10.2 Å². The van der Waals surface area contributed by atoms with Crippen LogP contribution in [0.1, 0.15) is 48.5 Å². The molecule has 1 saturated heterocycles. The first-order valence-corrected chi connectivity index (χ1v) is 9.22. The van der Waals surface area contributed by atoms with Crippen LogP contribution in [0.25, 0.3) is 0 Å². The third-order valence-corrected chi connectivity index (χ3v) is 4.71. The molecule has 0 bridgehead atoms. The van der Waals surface area contributed by atoms with Crippen LogP contribution >= 0.6 is 0 Å². The van der Waals surface area contributed by atoms with Gasteiger partial charge in [-0.25, -0.2) is 9.59 Å². The first-order chi connectivity index (χ1) is 12.3. The van der Waals surface area contributed by atoms with Crippen molar-refractivity contribution >= 4 is 18.0 Å². The van der Waals surface area contributed by atoms with Crippen LogP contribution in [-0.2, 0) is 19.1 Å². The minimum atomic E-state index is -1.68. The van der Waals surface area contributed by atoms with Crippen molar-refractivity contribution in [3.05, 3.63) is 11.6 Å². The molecule has 0 radical (unpaired) electrons. The molecule has 0 spiro atoms. The highest BCUT2D eigenvalue weighted by Gasteiger charge is 2.69. The van der Waals surface area contributed by atoms with Gasteiger partial charge >= 0.3 is 12.1 Å². The number of carbonyl (C=O) groups excluding carboxylic acids is 3. The van der Waals surface area contributed by atoms with E-state index in [1.807, 2.05) is 13.8 Å². The minimum Gasteiger partial charge on any atom is -0.458 e. The number of β-lactam (4-membered cyclic amide) rings is 1. The summed E-state index contributed by atoms with van der Waals surface area (Å²) in [5.74, 6) is -1.35. The molecule has 3 atom stereocenters. The molecule has 27 heavy (non-hydrogen) atoms.